The molecule has 45 heavy (non-hydrogen) atoms. The van der Waals surface area contributed by atoms with Gasteiger partial charge in [0.05, 0.1) is 27.2 Å². The first-order valence-corrected chi connectivity index (χ1v) is 15.9. The van der Waals surface area contributed by atoms with Crippen molar-refractivity contribution in [2.75, 3.05) is 18.8 Å². The maximum absolute atomic E-state index is 14.1. The minimum Gasteiger partial charge on any atom is -0.445 e. The van der Waals surface area contributed by atoms with Crippen molar-refractivity contribution in [1.82, 2.24) is 24.3 Å². The van der Waals surface area contributed by atoms with E-state index < -0.39 is 33.7 Å². The van der Waals surface area contributed by atoms with Gasteiger partial charge in [-0.25, -0.2) is 9.78 Å². The van der Waals surface area contributed by atoms with Crippen LogP contribution in [0.25, 0.3) is 21.8 Å². The maximum atomic E-state index is 14.1. The molecule has 1 saturated heterocycles. The van der Waals surface area contributed by atoms with Crippen molar-refractivity contribution in [1.29, 1.82) is 0 Å². The van der Waals surface area contributed by atoms with E-state index in [1.807, 2.05) is 42.5 Å². The largest absolute Gasteiger partial charge is 0.445 e. The summed E-state index contributed by atoms with van der Waals surface area (Å²) in [6.45, 7) is 1.75. The lowest BCUT2D eigenvalue weighted by molar-refractivity contribution is -0.140. The van der Waals surface area contributed by atoms with Crippen LogP contribution in [0, 0.1) is 0 Å². The summed E-state index contributed by atoms with van der Waals surface area (Å²) < 4.78 is 21.4. The third-order valence-electron chi connectivity index (χ3n) is 8.62. The molecule has 228 valence electrons. The van der Waals surface area contributed by atoms with E-state index in [9.17, 15) is 23.4 Å². The van der Waals surface area contributed by atoms with Crippen molar-refractivity contribution in [3.8, 4) is 0 Å². The Balaban J connectivity index is 1.21. The monoisotopic (exact) mass is 623 g/mol. The zero-order valence-electron chi connectivity index (χ0n) is 24.3. The van der Waals surface area contributed by atoms with Gasteiger partial charge in [-0.1, -0.05) is 60.7 Å². The second-order valence-corrected chi connectivity index (χ2v) is 13.1. The van der Waals surface area contributed by atoms with Gasteiger partial charge in [-0.05, 0) is 36.2 Å². The first-order chi connectivity index (χ1) is 21.8. The van der Waals surface area contributed by atoms with Crippen LogP contribution in [0.4, 0.5) is 4.79 Å². The first-order valence-electron chi connectivity index (χ1n) is 14.6. The van der Waals surface area contributed by atoms with Gasteiger partial charge in [-0.3, -0.25) is 27.7 Å². The lowest BCUT2D eigenvalue weighted by atomic mass is 9.99. The molecule has 12 heteroatoms. The number of benzene rings is 3. The highest BCUT2D eigenvalue weighted by Crippen LogP contribution is 2.43. The minimum atomic E-state index is -1.45. The third kappa shape index (κ3) is 4.72. The molecular weight excluding hydrogens is 594 g/mol. The number of para-hydroxylation sites is 2. The molecule has 7 rings (SSSR count). The van der Waals surface area contributed by atoms with E-state index in [0.717, 1.165) is 10.9 Å². The van der Waals surface area contributed by atoms with Crippen LogP contribution in [-0.4, -0.2) is 60.0 Å². The predicted molar refractivity (Wildman–Crippen MR) is 168 cm³/mol. The molecule has 0 spiro atoms. The standard InChI is InChI=1S/C33H29N5O6S/c1-33-31-35-25-13-7-5-12-24(25)29(40)38(31)27(30(41)37(33)15-16-45(33)43)17-22-19-36(26-14-8-6-11-23(22)26)28(39)18-34-32(42)44-20-21-9-3-2-4-10-21/h2-14,19,27H,15-18,20H2,1H3,(H,34,42)/t27-,33+,45?/m1/s1. The summed E-state index contributed by atoms with van der Waals surface area (Å²) in [5.41, 5.74) is 2.18. The Kier molecular flexibility index (Phi) is 7.08. The molecule has 0 radical (unpaired) electrons. The average molecular weight is 624 g/mol. The summed E-state index contributed by atoms with van der Waals surface area (Å²) in [5.74, 6) is -0.144. The van der Waals surface area contributed by atoms with Crippen LogP contribution in [-0.2, 0) is 38.2 Å². The van der Waals surface area contributed by atoms with Gasteiger partial charge in [0.25, 0.3) is 11.5 Å². The second-order valence-electron chi connectivity index (χ2n) is 11.2. The number of hydrogen-bond acceptors (Lipinski definition) is 7. The third-order valence-corrected chi connectivity index (χ3v) is 10.5. The number of aromatic nitrogens is 3. The highest BCUT2D eigenvalue weighted by Gasteiger charge is 2.56. The summed E-state index contributed by atoms with van der Waals surface area (Å²) in [5, 5.41) is 3.60. The molecule has 11 nitrogen and oxygen atoms in total. The summed E-state index contributed by atoms with van der Waals surface area (Å²) in [6, 6.07) is 22.4. The highest BCUT2D eigenvalue weighted by molar-refractivity contribution is 7.86. The summed E-state index contributed by atoms with van der Waals surface area (Å²) in [4.78, 5) is 58.9. The van der Waals surface area contributed by atoms with Crippen molar-refractivity contribution in [3.63, 3.8) is 0 Å². The molecule has 3 aromatic carbocycles. The molecule has 2 aliphatic rings. The van der Waals surface area contributed by atoms with Gasteiger partial charge in [0, 0.05) is 30.3 Å². The number of alkyl carbamates (subject to hydrolysis) is 1. The van der Waals surface area contributed by atoms with Crippen LogP contribution >= 0.6 is 0 Å². The van der Waals surface area contributed by atoms with Crippen molar-refractivity contribution in [3.05, 3.63) is 112 Å². The van der Waals surface area contributed by atoms with Crippen LogP contribution < -0.4 is 10.9 Å². The van der Waals surface area contributed by atoms with E-state index in [2.05, 4.69) is 5.32 Å². The topological polar surface area (TPSA) is 133 Å². The fourth-order valence-corrected chi connectivity index (χ4v) is 7.84. The minimum absolute atomic E-state index is 0.0710. The second kappa shape index (κ2) is 11.1. The number of rotatable bonds is 6. The number of carbonyl (C=O) groups is 3. The van der Waals surface area contributed by atoms with E-state index in [1.54, 1.807) is 54.4 Å². The van der Waals surface area contributed by atoms with E-state index >= 15 is 0 Å². The van der Waals surface area contributed by atoms with Crippen LogP contribution in [0.15, 0.2) is 89.9 Å². The molecule has 1 N–H and O–H groups in total. The number of hydrogen-bond donors (Lipinski definition) is 1. The fourth-order valence-electron chi connectivity index (χ4n) is 6.32. The van der Waals surface area contributed by atoms with Crippen molar-refractivity contribution in [2.45, 2.75) is 30.9 Å². The lowest BCUT2D eigenvalue weighted by Crippen LogP contribution is -2.57. The van der Waals surface area contributed by atoms with E-state index in [0.29, 0.717) is 27.8 Å². The molecule has 4 heterocycles. The van der Waals surface area contributed by atoms with Gasteiger partial charge in [0.2, 0.25) is 5.91 Å². The lowest BCUT2D eigenvalue weighted by Gasteiger charge is -2.42. The molecule has 3 atom stereocenters. The SMILES string of the molecule is C[C@]12c3nc4ccccc4c(=O)n3[C@H](Cc3cn(C(=O)CNC(=O)OCc4ccccc4)c4ccccc34)C(=O)N1CCS2=O. The number of nitrogens with zero attached hydrogens (tertiary/aromatic N) is 4. The maximum Gasteiger partial charge on any atom is 0.407 e. The first kappa shape index (κ1) is 28.7. The number of carbonyl (C=O) groups excluding carboxylic acids is 3. The van der Waals surface area contributed by atoms with Gasteiger partial charge in [-0.15, -0.1) is 0 Å². The fraction of sp³-hybridized carbons (Fsp3) is 0.242. The predicted octanol–water partition coefficient (Wildman–Crippen LogP) is 3.48. The van der Waals surface area contributed by atoms with Crippen LogP contribution in [0.3, 0.4) is 0 Å². The molecule has 0 saturated carbocycles. The molecule has 5 aromatic rings. The Bertz CT molecular complexity index is 2090. The molecule has 1 fully saturated rings. The molecule has 2 aliphatic heterocycles. The number of amides is 2. The van der Waals surface area contributed by atoms with Crippen molar-refractivity contribution >= 4 is 50.5 Å². The molecule has 0 aliphatic carbocycles. The van der Waals surface area contributed by atoms with E-state index in [-0.39, 0.29) is 43.3 Å². The Hall–Kier alpha value is -5.10. The summed E-state index contributed by atoms with van der Waals surface area (Å²) >= 11 is 0. The van der Waals surface area contributed by atoms with Crippen molar-refractivity contribution < 1.29 is 23.3 Å². The Morgan fingerprint density at radius 1 is 1.00 bits per heavy atom. The molecule has 2 aromatic heterocycles. The van der Waals surface area contributed by atoms with Gasteiger partial charge in [-0.2, -0.15) is 0 Å². The van der Waals surface area contributed by atoms with Crippen LogP contribution in [0.2, 0.25) is 0 Å². The summed E-state index contributed by atoms with van der Waals surface area (Å²) in [7, 11) is -1.45. The molecule has 0 bridgehead atoms. The van der Waals surface area contributed by atoms with Gasteiger partial charge >= 0.3 is 6.09 Å². The Labute approximate surface area is 259 Å². The summed E-state index contributed by atoms with van der Waals surface area (Å²) in [6.07, 6.45) is 1.02. The van der Waals surface area contributed by atoms with E-state index in [4.69, 9.17) is 9.72 Å². The quantitative estimate of drug-likeness (QED) is 0.306. The van der Waals surface area contributed by atoms with Crippen LogP contribution in [0.1, 0.15) is 34.7 Å². The average Bonchev–Trinajstić information content (AvgIpc) is 3.59. The molecule has 2 amide bonds. The van der Waals surface area contributed by atoms with Gasteiger partial charge < -0.3 is 15.0 Å². The Morgan fingerprint density at radius 2 is 1.71 bits per heavy atom. The molecule has 1 unspecified atom stereocenters. The van der Waals surface area contributed by atoms with Crippen molar-refractivity contribution in [2.24, 2.45) is 0 Å². The number of ether oxygens (including phenoxy) is 1. The number of fused-ring (bicyclic) bond motifs is 5. The smallest absolute Gasteiger partial charge is 0.407 e. The van der Waals surface area contributed by atoms with E-state index in [1.165, 1.54) is 9.13 Å². The molecular formula is C33H29N5O6S. The Morgan fingerprint density at radius 3 is 2.51 bits per heavy atom. The van der Waals surface area contributed by atoms with Crippen LogP contribution in [0.5, 0.6) is 0 Å². The zero-order chi connectivity index (χ0) is 31.3. The number of nitrogens with one attached hydrogen (secondary N) is 1. The normalized spacial score (nSPS) is 20.6. The van der Waals surface area contributed by atoms with Gasteiger partial charge in [0.15, 0.2) is 10.7 Å². The van der Waals surface area contributed by atoms with Gasteiger partial charge in [0.1, 0.15) is 19.2 Å². The highest BCUT2D eigenvalue weighted by atomic mass is 32.2. The zero-order valence-corrected chi connectivity index (χ0v) is 25.2.